The van der Waals surface area contributed by atoms with Gasteiger partial charge in [0.15, 0.2) is 11.6 Å². The lowest BCUT2D eigenvalue weighted by atomic mass is 10.1. The third kappa shape index (κ3) is 3.95. The summed E-state index contributed by atoms with van der Waals surface area (Å²) in [6.45, 7) is 6.98. The van der Waals surface area contributed by atoms with E-state index in [1.807, 2.05) is 25.7 Å². The van der Waals surface area contributed by atoms with Gasteiger partial charge in [0.05, 0.1) is 0 Å². The van der Waals surface area contributed by atoms with Crippen LogP contribution in [0.5, 0.6) is 11.6 Å². The topological polar surface area (TPSA) is 55.3 Å². The van der Waals surface area contributed by atoms with E-state index in [0.29, 0.717) is 24.8 Å². The van der Waals surface area contributed by atoms with E-state index in [4.69, 9.17) is 4.74 Å². The van der Waals surface area contributed by atoms with E-state index in [0.717, 1.165) is 12.1 Å². The summed E-state index contributed by atoms with van der Waals surface area (Å²) in [5, 5.41) is 0. The van der Waals surface area contributed by atoms with Crippen molar-refractivity contribution >= 4 is 5.91 Å². The summed E-state index contributed by atoms with van der Waals surface area (Å²) in [4.78, 5) is 23.0. The van der Waals surface area contributed by atoms with E-state index >= 15 is 0 Å². The van der Waals surface area contributed by atoms with Crippen LogP contribution in [0.1, 0.15) is 37.7 Å². The summed E-state index contributed by atoms with van der Waals surface area (Å²) >= 11 is 0. The first-order chi connectivity index (χ1) is 11.9. The van der Waals surface area contributed by atoms with Crippen molar-refractivity contribution in [2.75, 3.05) is 13.1 Å². The molecule has 1 aromatic heterocycles. The first-order valence-corrected chi connectivity index (χ1v) is 8.51. The first kappa shape index (κ1) is 17.3. The number of carbonyl (C=O) groups is 1. The van der Waals surface area contributed by atoms with E-state index in [-0.39, 0.29) is 23.5 Å². The lowest BCUT2D eigenvalue weighted by molar-refractivity contribution is -0.133. The summed E-state index contributed by atoms with van der Waals surface area (Å²) in [5.41, 5.74) is 0.755. The summed E-state index contributed by atoms with van der Waals surface area (Å²) in [7, 11) is 0. The fourth-order valence-electron chi connectivity index (χ4n) is 2.97. The van der Waals surface area contributed by atoms with Crippen LogP contribution in [0.3, 0.4) is 0 Å². The molecule has 0 radical (unpaired) electrons. The van der Waals surface area contributed by atoms with Gasteiger partial charge in [-0.1, -0.05) is 26.0 Å². The maximum atomic E-state index is 13.8. The molecule has 0 saturated carbocycles. The van der Waals surface area contributed by atoms with E-state index in [9.17, 15) is 9.18 Å². The molecule has 1 unspecified atom stereocenters. The van der Waals surface area contributed by atoms with Crippen molar-refractivity contribution in [1.29, 1.82) is 0 Å². The minimum atomic E-state index is -0.435. The van der Waals surface area contributed by atoms with Crippen LogP contribution >= 0.6 is 0 Å². The smallest absolute Gasteiger partial charge is 0.225 e. The monoisotopic (exact) mass is 343 g/mol. The Balaban J connectivity index is 1.78. The van der Waals surface area contributed by atoms with Crippen molar-refractivity contribution in [2.24, 2.45) is 5.92 Å². The molecule has 3 rings (SSSR count). The molecule has 132 valence electrons. The Bertz CT molecular complexity index is 779. The minimum Gasteiger partial charge on any atom is -0.436 e. The first-order valence-electron chi connectivity index (χ1n) is 8.51. The molecular weight excluding hydrogens is 321 g/mol. The van der Waals surface area contributed by atoms with Crippen LogP contribution in [0.2, 0.25) is 0 Å². The van der Waals surface area contributed by atoms with Gasteiger partial charge in [0.25, 0.3) is 0 Å². The number of para-hydroxylation sites is 1. The molecule has 1 atom stereocenters. The molecule has 1 aliphatic rings. The Hall–Kier alpha value is -2.50. The van der Waals surface area contributed by atoms with Gasteiger partial charge in [0.2, 0.25) is 11.8 Å². The number of hydrogen-bond donors (Lipinski definition) is 0. The van der Waals surface area contributed by atoms with Gasteiger partial charge in [-0.25, -0.2) is 9.37 Å². The summed E-state index contributed by atoms with van der Waals surface area (Å²) < 4.78 is 19.4. The van der Waals surface area contributed by atoms with Gasteiger partial charge in [0, 0.05) is 36.7 Å². The standard InChI is InChI=1S/C19H22FN3O2/c1-12(2)19(24)23-9-8-14(11-23)18-21-13(3)10-17(22-18)25-16-7-5-4-6-15(16)20/h4-7,10,12,14H,8-9,11H2,1-3H3. The molecular formula is C19H22FN3O2. The van der Waals surface area contributed by atoms with Crippen LogP contribution < -0.4 is 4.74 Å². The number of benzene rings is 1. The largest absolute Gasteiger partial charge is 0.436 e. The molecule has 1 amide bonds. The molecule has 0 spiro atoms. The molecule has 2 heterocycles. The van der Waals surface area contributed by atoms with Crippen molar-refractivity contribution in [3.8, 4) is 11.6 Å². The highest BCUT2D eigenvalue weighted by Crippen LogP contribution is 2.29. The van der Waals surface area contributed by atoms with Gasteiger partial charge in [-0.3, -0.25) is 4.79 Å². The molecule has 1 aliphatic heterocycles. The third-order valence-electron chi connectivity index (χ3n) is 4.26. The molecule has 1 saturated heterocycles. The number of amides is 1. The molecule has 0 aliphatic carbocycles. The summed E-state index contributed by atoms with van der Waals surface area (Å²) in [6, 6.07) is 7.90. The number of nitrogens with zero attached hydrogens (tertiary/aromatic N) is 3. The average molecular weight is 343 g/mol. The Morgan fingerprint density at radius 3 is 2.80 bits per heavy atom. The zero-order valence-electron chi connectivity index (χ0n) is 14.7. The Labute approximate surface area is 146 Å². The fraction of sp³-hybridized carbons (Fsp3) is 0.421. The quantitative estimate of drug-likeness (QED) is 0.850. The van der Waals surface area contributed by atoms with Gasteiger partial charge < -0.3 is 9.64 Å². The lowest BCUT2D eigenvalue weighted by Gasteiger charge is -2.18. The second kappa shape index (κ2) is 7.17. The van der Waals surface area contributed by atoms with E-state index in [1.54, 1.807) is 24.3 Å². The van der Waals surface area contributed by atoms with Crippen molar-refractivity contribution in [2.45, 2.75) is 33.1 Å². The molecule has 6 heteroatoms. The van der Waals surface area contributed by atoms with Gasteiger partial charge in [-0.2, -0.15) is 4.98 Å². The molecule has 25 heavy (non-hydrogen) atoms. The maximum absolute atomic E-state index is 13.8. The van der Waals surface area contributed by atoms with Crippen LogP contribution in [-0.2, 0) is 4.79 Å². The summed E-state index contributed by atoms with van der Waals surface area (Å²) in [5.74, 6) is 0.872. The molecule has 2 aromatic rings. The lowest BCUT2D eigenvalue weighted by Crippen LogP contribution is -2.32. The molecule has 0 N–H and O–H groups in total. The number of hydrogen-bond acceptors (Lipinski definition) is 4. The molecule has 5 nitrogen and oxygen atoms in total. The molecule has 0 bridgehead atoms. The van der Waals surface area contributed by atoms with Crippen molar-refractivity contribution in [3.63, 3.8) is 0 Å². The Kier molecular flexibility index (Phi) is 4.97. The van der Waals surface area contributed by atoms with Gasteiger partial charge in [0.1, 0.15) is 5.82 Å². The minimum absolute atomic E-state index is 0.0165. The van der Waals surface area contributed by atoms with Gasteiger partial charge in [-0.05, 0) is 25.5 Å². The zero-order valence-corrected chi connectivity index (χ0v) is 14.7. The average Bonchev–Trinajstić information content (AvgIpc) is 3.05. The molecule has 1 aromatic carbocycles. The van der Waals surface area contributed by atoms with E-state index < -0.39 is 5.82 Å². The predicted molar refractivity (Wildman–Crippen MR) is 92.0 cm³/mol. The SMILES string of the molecule is Cc1cc(Oc2ccccc2F)nc(C2CCN(C(=O)C(C)C)C2)n1. The second-order valence-corrected chi connectivity index (χ2v) is 6.66. The van der Waals surface area contributed by atoms with Crippen LogP contribution in [0.25, 0.3) is 0 Å². The van der Waals surface area contributed by atoms with E-state index in [1.165, 1.54) is 6.07 Å². The van der Waals surface area contributed by atoms with Gasteiger partial charge in [-0.15, -0.1) is 0 Å². The highest BCUT2D eigenvalue weighted by Gasteiger charge is 2.30. The highest BCUT2D eigenvalue weighted by molar-refractivity contribution is 5.78. The normalized spacial score (nSPS) is 17.2. The molecule has 1 fully saturated rings. The number of aromatic nitrogens is 2. The number of likely N-dealkylation sites (tertiary alicyclic amines) is 1. The van der Waals surface area contributed by atoms with Gasteiger partial charge >= 0.3 is 0 Å². The van der Waals surface area contributed by atoms with Crippen molar-refractivity contribution < 1.29 is 13.9 Å². The Morgan fingerprint density at radius 2 is 2.08 bits per heavy atom. The maximum Gasteiger partial charge on any atom is 0.225 e. The van der Waals surface area contributed by atoms with Crippen LogP contribution in [0, 0.1) is 18.7 Å². The number of carbonyl (C=O) groups excluding carboxylic acids is 1. The fourth-order valence-corrected chi connectivity index (χ4v) is 2.97. The number of rotatable bonds is 4. The second-order valence-electron chi connectivity index (χ2n) is 6.66. The van der Waals surface area contributed by atoms with Crippen molar-refractivity contribution in [3.05, 3.63) is 47.7 Å². The number of aryl methyl sites for hydroxylation is 1. The van der Waals surface area contributed by atoms with Crippen molar-refractivity contribution in [1.82, 2.24) is 14.9 Å². The Morgan fingerprint density at radius 1 is 1.32 bits per heavy atom. The van der Waals surface area contributed by atoms with E-state index in [2.05, 4.69) is 9.97 Å². The number of ether oxygens (including phenoxy) is 1. The highest BCUT2D eigenvalue weighted by atomic mass is 19.1. The third-order valence-corrected chi connectivity index (χ3v) is 4.26. The summed E-state index contributed by atoms with van der Waals surface area (Å²) in [6.07, 6.45) is 0.820. The zero-order chi connectivity index (χ0) is 18.0. The van der Waals surface area contributed by atoms with Crippen LogP contribution in [0.15, 0.2) is 30.3 Å². The number of halogens is 1. The predicted octanol–water partition coefficient (Wildman–Crippen LogP) is 3.69. The van der Waals surface area contributed by atoms with Crippen LogP contribution in [-0.4, -0.2) is 33.9 Å². The van der Waals surface area contributed by atoms with Crippen LogP contribution in [0.4, 0.5) is 4.39 Å².